The molecule has 0 aliphatic carbocycles. The number of anilines is 1. The van der Waals surface area contributed by atoms with Crippen molar-refractivity contribution in [2.24, 2.45) is 15.9 Å². The number of hydrogen-bond donors (Lipinski definition) is 0. The van der Waals surface area contributed by atoms with Crippen molar-refractivity contribution in [3.8, 4) is 0 Å². The van der Waals surface area contributed by atoms with Crippen LogP contribution in [0, 0.1) is 5.92 Å². The quantitative estimate of drug-likeness (QED) is 0.798. The average Bonchev–Trinajstić information content (AvgIpc) is 2.80. The molecule has 0 N–H and O–H groups in total. The van der Waals surface area contributed by atoms with Gasteiger partial charge in [-0.2, -0.15) is 0 Å². The van der Waals surface area contributed by atoms with Gasteiger partial charge in [0.2, 0.25) is 0 Å². The summed E-state index contributed by atoms with van der Waals surface area (Å²) >= 11 is 0. The van der Waals surface area contributed by atoms with Crippen molar-refractivity contribution in [2.75, 3.05) is 26.0 Å². The monoisotopic (exact) mass is 302 g/mol. The first-order valence-electron chi connectivity index (χ1n) is 7.73. The predicted molar refractivity (Wildman–Crippen MR) is 89.4 cm³/mol. The first-order valence-corrected chi connectivity index (χ1v) is 7.73. The zero-order chi connectivity index (χ0) is 16.1. The smallest absolute Gasteiger partial charge is 0.172 e. The van der Waals surface area contributed by atoms with Crippen molar-refractivity contribution in [3.05, 3.63) is 29.8 Å². The molecule has 0 saturated carbocycles. The maximum absolute atomic E-state index is 15.7. The molecule has 3 rings (SSSR count). The predicted octanol–water partition coefficient (Wildman–Crippen LogP) is 3.05. The molecule has 2 heterocycles. The summed E-state index contributed by atoms with van der Waals surface area (Å²) in [5.41, 5.74) is 0.265. The minimum absolute atomic E-state index is 0.0905. The standard InChI is InChI=1S/C17H23FN4/c1-6-11-16-21(5)14(19-3)15(20-4)22(16)13-10-8-7-9-12(13)17(11,2)18/h7-11,16H,6H2,1-5H3. The summed E-state index contributed by atoms with van der Waals surface area (Å²) in [6.07, 6.45) is 0.660. The van der Waals surface area contributed by atoms with Crippen molar-refractivity contribution in [1.82, 2.24) is 4.90 Å². The molecule has 1 fully saturated rings. The Hall–Kier alpha value is -1.91. The van der Waals surface area contributed by atoms with Crippen molar-refractivity contribution in [1.29, 1.82) is 0 Å². The highest BCUT2D eigenvalue weighted by molar-refractivity contribution is 6.47. The van der Waals surface area contributed by atoms with Crippen LogP contribution in [0.4, 0.5) is 10.1 Å². The number of para-hydroxylation sites is 1. The Morgan fingerprint density at radius 1 is 1.18 bits per heavy atom. The van der Waals surface area contributed by atoms with Gasteiger partial charge in [-0.1, -0.05) is 25.1 Å². The highest BCUT2D eigenvalue weighted by Crippen LogP contribution is 2.51. The van der Waals surface area contributed by atoms with Gasteiger partial charge in [0.15, 0.2) is 11.7 Å². The van der Waals surface area contributed by atoms with Crippen LogP contribution >= 0.6 is 0 Å². The molecule has 1 aromatic carbocycles. The van der Waals surface area contributed by atoms with Gasteiger partial charge in [0.05, 0.1) is 5.69 Å². The molecule has 5 heteroatoms. The summed E-state index contributed by atoms with van der Waals surface area (Å²) in [5.74, 6) is 1.48. The molecular formula is C17H23FN4. The maximum atomic E-state index is 15.7. The van der Waals surface area contributed by atoms with Gasteiger partial charge >= 0.3 is 0 Å². The molecule has 3 atom stereocenters. The minimum atomic E-state index is -1.37. The Morgan fingerprint density at radius 2 is 1.82 bits per heavy atom. The second-order valence-corrected chi connectivity index (χ2v) is 6.10. The molecule has 22 heavy (non-hydrogen) atoms. The van der Waals surface area contributed by atoms with Gasteiger partial charge in [0.25, 0.3) is 0 Å². The third-order valence-electron chi connectivity index (χ3n) is 5.03. The van der Waals surface area contributed by atoms with E-state index in [0.717, 1.165) is 29.3 Å². The van der Waals surface area contributed by atoms with Gasteiger partial charge < -0.3 is 9.80 Å². The van der Waals surface area contributed by atoms with Crippen LogP contribution in [0.15, 0.2) is 34.3 Å². The van der Waals surface area contributed by atoms with Gasteiger partial charge in [-0.15, -0.1) is 0 Å². The molecule has 118 valence electrons. The van der Waals surface area contributed by atoms with Crippen molar-refractivity contribution < 1.29 is 4.39 Å². The second-order valence-electron chi connectivity index (χ2n) is 6.10. The van der Waals surface area contributed by atoms with E-state index in [0.29, 0.717) is 0 Å². The zero-order valence-corrected chi connectivity index (χ0v) is 13.8. The lowest BCUT2D eigenvalue weighted by atomic mass is 9.76. The summed E-state index contributed by atoms with van der Waals surface area (Å²) < 4.78 is 15.7. The second kappa shape index (κ2) is 5.07. The molecule has 0 amide bonds. The normalized spacial score (nSPS) is 34.3. The largest absolute Gasteiger partial charge is 0.336 e. The lowest BCUT2D eigenvalue weighted by molar-refractivity contribution is 0.0450. The summed E-state index contributed by atoms with van der Waals surface area (Å²) in [6.45, 7) is 3.75. The van der Waals surface area contributed by atoms with Crippen LogP contribution in [-0.2, 0) is 5.67 Å². The topological polar surface area (TPSA) is 31.2 Å². The molecule has 0 spiro atoms. The fourth-order valence-corrected chi connectivity index (χ4v) is 4.03. The van der Waals surface area contributed by atoms with E-state index in [4.69, 9.17) is 0 Å². The van der Waals surface area contributed by atoms with Crippen LogP contribution in [-0.4, -0.2) is 43.9 Å². The summed E-state index contributed by atoms with van der Waals surface area (Å²) in [6, 6.07) is 7.72. The molecule has 2 aliphatic rings. The van der Waals surface area contributed by atoms with Crippen LogP contribution in [0.3, 0.4) is 0 Å². The number of hydrogen-bond acceptors (Lipinski definition) is 2. The Bertz CT molecular complexity index is 650. The van der Waals surface area contributed by atoms with E-state index in [1.807, 2.05) is 38.2 Å². The molecular weight excluding hydrogens is 279 g/mol. The van der Waals surface area contributed by atoms with E-state index < -0.39 is 5.67 Å². The lowest BCUT2D eigenvalue weighted by Crippen LogP contribution is -2.54. The fourth-order valence-electron chi connectivity index (χ4n) is 4.03. The lowest BCUT2D eigenvalue weighted by Gasteiger charge is -2.47. The van der Waals surface area contributed by atoms with Crippen LogP contribution in [0.1, 0.15) is 25.8 Å². The number of rotatable bonds is 1. The molecule has 3 unspecified atom stereocenters. The third-order valence-corrected chi connectivity index (χ3v) is 5.03. The summed E-state index contributed by atoms with van der Waals surface area (Å²) in [7, 11) is 5.51. The van der Waals surface area contributed by atoms with Gasteiger partial charge in [-0.3, -0.25) is 9.98 Å². The first kappa shape index (κ1) is 15.0. The number of aliphatic imine (C=N–C) groups is 2. The Labute approximate surface area is 131 Å². The Morgan fingerprint density at radius 3 is 2.41 bits per heavy atom. The number of halogens is 1. The molecule has 0 radical (unpaired) electrons. The maximum Gasteiger partial charge on any atom is 0.172 e. The van der Waals surface area contributed by atoms with Gasteiger partial charge in [-0.05, 0) is 19.4 Å². The molecule has 0 aromatic heterocycles. The Balaban J connectivity index is 2.29. The molecule has 1 aromatic rings. The number of fused-ring (bicyclic) bond motifs is 3. The molecule has 4 nitrogen and oxygen atoms in total. The molecule has 2 aliphatic heterocycles. The molecule has 0 bridgehead atoms. The number of nitrogens with zero attached hydrogens (tertiary/aromatic N) is 4. The van der Waals surface area contributed by atoms with Gasteiger partial charge in [0, 0.05) is 32.6 Å². The van der Waals surface area contributed by atoms with E-state index in [9.17, 15) is 0 Å². The van der Waals surface area contributed by atoms with E-state index in [2.05, 4.69) is 19.8 Å². The number of amidine groups is 2. The van der Waals surface area contributed by atoms with E-state index in [1.165, 1.54) is 0 Å². The number of likely N-dealkylation sites (N-methyl/N-ethyl adjacent to an activating group) is 1. The SMILES string of the molecule is CCC1C2N(C)C(=NC)C(=NC)N2c2ccccc2C1(C)F. The minimum Gasteiger partial charge on any atom is -0.336 e. The van der Waals surface area contributed by atoms with Gasteiger partial charge in [-0.25, -0.2) is 4.39 Å². The number of alkyl halides is 1. The first-order chi connectivity index (χ1) is 10.5. The van der Waals surface area contributed by atoms with Crippen LogP contribution in [0.25, 0.3) is 0 Å². The fraction of sp³-hybridized carbons (Fsp3) is 0.529. The van der Waals surface area contributed by atoms with Crippen LogP contribution < -0.4 is 4.90 Å². The Kier molecular flexibility index (Phi) is 3.46. The van der Waals surface area contributed by atoms with Crippen molar-refractivity contribution in [3.63, 3.8) is 0 Å². The van der Waals surface area contributed by atoms with E-state index in [1.54, 1.807) is 21.0 Å². The average molecular weight is 302 g/mol. The van der Waals surface area contributed by atoms with Crippen LogP contribution in [0.2, 0.25) is 0 Å². The van der Waals surface area contributed by atoms with Gasteiger partial charge in [0.1, 0.15) is 11.8 Å². The number of benzene rings is 1. The third kappa shape index (κ3) is 1.74. The van der Waals surface area contributed by atoms with E-state index in [-0.39, 0.29) is 12.1 Å². The summed E-state index contributed by atoms with van der Waals surface area (Å²) in [5, 5.41) is 0. The van der Waals surface area contributed by atoms with Crippen molar-refractivity contribution >= 4 is 17.4 Å². The zero-order valence-electron chi connectivity index (χ0n) is 13.8. The highest BCUT2D eigenvalue weighted by Gasteiger charge is 2.55. The van der Waals surface area contributed by atoms with Crippen LogP contribution in [0.5, 0.6) is 0 Å². The summed E-state index contributed by atoms with van der Waals surface area (Å²) in [4.78, 5) is 13.0. The highest BCUT2D eigenvalue weighted by atomic mass is 19.1. The molecule has 1 saturated heterocycles. The van der Waals surface area contributed by atoms with E-state index >= 15 is 4.39 Å². The van der Waals surface area contributed by atoms with Crippen molar-refractivity contribution in [2.45, 2.75) is 32.1 Å².